The lowest BCUT2D eigenvalue weighted by Crippen LogP contribution is -2.21. The maximum Gasteiger partial charge on any atom is 0.0945 e. The molecule has 90 valence electrons. The van der Waals surface area contributed by atoms with Crippen LogP contribution in [-0.2, 0) is 11.3 Å². The lowest BCUT2D eigenvalue weighted by atomic mass is 10.4. The lowest BCUT2D eigenvalue weighted by Gasteiger charge is -2.05. The van der Waals surface area contributed by atoms with Crippen molar-refractivity contribution in [1.29, 1.82) is 0 Å². The Hall–Kier alpha value is -1.13. The molecule has 0 amide bonds. The number of rotatable bonds is 10. The Bertz CT molecular complexity index is 259. The van der Waals surface area contributed by atoms with Gasteiger partial charge in [-0.25, -0.2) is 4.98 Å². The molecule has 0 atom stereocenters. The van der Waals surface area contributed by atoms with Crippen LogP contribution in [0.2, 0.25) is 0 Å². The summed E-state index contributed by atoms with van der Waals surface area (Å²) in [5, 5.41) is 3.34. The normalized spacial score (nSPS) is 10.5. The van der Waals surface area contributed by atoms with E-state index in [1.54, 1.807) is 6.20 Å². The first-order valence-electron chi connectivity index (χ1n) is 5.78. The fraction of sp³-hybridized carbons (Fsp3) is 0.583. The van der Waals surface area contributed by atoms with Crippen LogP contribution in [-0.4, -0.2) is 35.9 Å². The van der Waals surface area contributed by atoms with E-state index >= 15 is 0 Å². The van der Waals surface area contributed by atoms with Gasteiger partial charge >= 0.3 is 0 Å². The van der Waals surface area contributed by atoms with Gasteiger partial charge in [0.25, 0.3) is 0 Å². The molecular weight excluding hydrogens is 202 g/mol. The van der Waals surface area contributed by atoms with Crippen molar-refractivity contribution in [1.82, 2.24) is 14.9 Å². The highest BCUT2D eigenvalue weighted by molar-refractivity contribution is 4.73. The predicted molar refractivity (Wildman–Crippen MR) is 65.3 cm³/mol. The Morgan fingerprint density at radius 3 is 3.06 bits per heavy atom. The number of hydrogen-bond donors (Lipinski definition) is 1. The van der Waals surface area contributed by atoms with E-state index in [2.05, 4.69) is 21.4 Å². The maximum atomic E-state index is 5.38. The second-order valence-corrected chi connectivity index (χ2v) is 3.59. The fourth-order valence-electron chi connectivity index (χ4n) is 1.34. The van der Waals surface area contributed by atoms with Crippen molar-refractivity contribution in [3.8, 4) is 0 Å². The van der Waals surface area contributed by atoms with Crippen molar-refractivity contribution in [2.45, 2.75) is 19.4 Å². The van der Waals surface area contributed by atoms with Crippen molar-refractivity contribution in [3.63, 3.8) is 0 Å². The molecular formula is C12H21N3O. The van der Waals surface area contributed by atoms with E-state index in [1.807, 2.05) is 18.6 Å². The largest absolute Gasteiger partial charge is 0.380 e. The molecule has 1 N–H and O–H groups in total. The number of aryl methyl sites for hydroxylation is 1. The molecule has 0 aromatic carbocycles. The highest BCUT2D eigenvalue weighted by Gasteiger charge is 1.91. The molecule has 0 saturated carbocycles. The molecule has 1 aromatic heterocycles. The van der Waals surface area contributed by atoms with Gasteiger partial charge in [0.2, 0.25) is 0 Å². The number of nitrogens with zero attached hydrogens (tertiary/aromatic N) is 2. The number of imidazole rings is 1. The molecule has 1 aromatic rings. The van der Waals surface area contributed by atoms with Gasteiger partial charge < -0.3 is 14.6 Å². The van der Waals surface area contributed by atoms with E-state index in [0.29, 0.717) is 0 Å². The summed E-state index contributed by atoms with van der Waals surface area (Å²) in [5.41, 5.74) is 0. The van der Waals surface area contributed by atoms with Crippen LogP contribution >= 0.6 is 0 Å². The Kier molecular flexibility index (Phi) is 7.38. The van der Waals surface area contributed by atoms with Crippen LogP contribution in [0, 0.1) is 0 Å². The van der Waals surface area contributed by atoms with Crippen LogP contribution in [0.3, 0.4) is 0 Å². The zero-order valence-corrected chi connectivity index (χ0v) is 9.77. The number of aromatic nitrogens is 2. The third-order valence-electron chi connectivity index (χ3n) is 2.22. The molecule has 0 bridgehead atoms. The first-order valence-corrected chi connectivity index (χ1v) is 5.78. The van der Waals surface area contributed by atoms with Crippen LogP contribution in [0.1, 0.15) is 12.8 Å². The topological polar surface area (TPSA) is 39.1 Å². The zero-order valence-electron chi connectivity index (χ0n) is 9.77. The van der Waals surface area contributed by atoms with Crippen LogP contribution < -0.4 is 5.32 Å². The van der Waals surface area contributed by atoms with Crippen LogP contribution in [0.5, 0.6) is 0 Å². The summed E-state index contributed by atoms with van der Waals surface area (Å²) in [7, 11) is 0. The van der Waals surface area contributed by atoms with Crippen LogP contribution in [0.25, 0.3) is 0 Å². The SMILES string of the molecule is C=CCCOCCNCCCn1ccnc1. The van der Waals surface area contributed by atoms with Gasteiger partial charge in [0.15, 0.2) is 0 Å². The Balaban J connectivity index is 1.80. The number of hydrogen-bond acceptors (Lipinski definition) is 3. The number of nitrogens with one attached hydrogen (secondary N) is 1. The maximum absolute atomic E-state index is 5.38. The van der Waals surface area contributed by atoms with Crippen molar-refractivity contribution in [2.24, 2.45) is 0 Å². The molecule has 0 spiro atoms. The van der Waals surface area contributed by atoms with Gasteiger partial charge in [-0.15, -0.1) is 6.58 Å². The van der Waals surface area contributed by atoms with Gasteiger partial charge in [0, 0.05) is 25.5 Å². The standard InChI is InChI=1S/C12H21N3O/c1-2-3-10-16-11-7-13-5-4-8-15-9-6-14-12-15/h2,6,9,12-13H,1,3-5,7-8,10-11H2. The molecule has 1 heterocycles. The third-order valence-corrected chi connectivity index (χ3v) is 2.22. The van der Waals surface area contributed by atoms with Crippen LogP contribution in [0.4, 0.5) is 0 Å². The highest BCUT2D eigenvalue weighted by atomic mass is 16.5. The second-order valence-electron chi connectivity index (χ2n) is 3.59. The minimum Gasteiger partial charge on any atom is -0.380 e. The molecule has 1 rings (SSSR count). The summed E-state index contributed by atoms with van der Waals surface area (Å²) in [5.74, 6) is 0. The highest BCUT2D eigenvalue weighted by Crippen LogP contribution is 1.88. The molecule has 0 saturated heterocycles. The monoisotopic (exact) mass is 223 g/mol. The smallest absolute Gasteiger partial charge is 0.0945 e. The summed E-state index contributed by atoms with van der Waals surface area (Å²) in [6.45, 7) is 8.15. The van der Waals surface area contributed by atoms with Gasteiger partial charge in [-0.05, 0) is 19.4 Å². The predicted octanol–water partition coefficient (Wildman–Crippen LogP) is 1.46. The lowest BCUT2D eigenvalue weighted by molar-refractivity contribution is 0.140. The van der Waals surface area contributed by atoms with E-state index in [0.717, 1.165) is 45.7 Å². The quantitative estimate of drug-likeness (QED) is 0.482. The number of ether oxygens (including phenoxy) is 1. The van der Waals surface area contributed by atoms with Crippen LogP contribution in [0.15, 0.2) is 31.4 Å². The third kappa shape index (κ3) is 6.37. The molecule has 16 heavy (non-hydrogen) atoms. The van der Waals surface area contributed by atoms with Gasteiger partial charge in [-0.2, -0.15) is 0 Å². The van der Waals surface area contributed by atoms with Crippen molar-refractivity contribution < 1.29 is 4.74 Å². The first-order chi connectivity index (χ1) is 7.93. The van der Waals surface area contributed by atoms with Gasteiger partial charge in [0.1, 0.15) is 0 Å². The molecule has 0 aliphatic heterocycles. The summed E-state index contributed by atoms with van der Waals surface area (Å²) >= 11 is 0. The zero-order chi connectivity index (χ0) is 11.5. The summed E-state index contributed by atoms with van der Waals surface area (Å²) in [6, 6.07) is 0. The van der Waals surface area contributed by atoms with Gasteiger partial charge in [-0.3, -0.25) is 0 Å². The van der Waals surface area contributed by atoms with Crippen molar-refractivity contribution >= 4 is 0 Å². The summed E-state index contributed by atoms with van der Waals surface area (Å²) in [6.07, 6.45) is 9.56. The van der Waals surface area contributed by atoms with Crippen molar-refractivity contribution in [2.75, 3.05) is 26.3 Å². The van der Waals surface area contributed by atoms with Crippen molar-refractivity contribution in [3.05, 3.63) is 31.4 Å². The van der Waals surface area contributed by atoms with E-state index in [1.165, 1.54) is 0 Å². The minimum absolute atomic E-state index is 0.777. The molecule has 0 aliphatic carbocycles. The Labute approximate surface area is 97.3 Å². The Morgan fingerprint density at radius 2 is 2.31 bits per heavy atom. The minimum atomic E-state index is 0.777. The average Bonchev–Trinajstić information content (AvgIpc) is 2.80. The van der Waals surface area contributed by atoms with E-state index in [9.17, 15) is 0 Å². The van der Waals surface area contributed by atoms with Gasteiger partial charge in [0.05, 0.1) is 19.5 Å². The van der Waals surface area contributed by atoms with Gasteiger partial charge in [-0.1, -0.05) is 6.08 Å². The summed E-state index contributed by atoms with van der Waals surface area (Å²) in [4.78, 5) is 3.99. The summed E-state index contributed by atoms with van der Waals surface area (Å²) < 4.78 is 7.46. The van der Waals surface area contributed by atoms with E-state index in [4.69, 9.17) is 4.74 Å². The fourth-order valence-corrected chi connectivity index (χ4v) is 1.34. The molecule has 4 nitrogen and oxygen atoms in total. The second kappa shape index (κ2) is 9.12. The molecule has 0 radical (unpaired) electrons. The Morgan fingerprint density at radius 1 is 1.38 bits per heavy atom. The average molecular weight is 223 g/mol. The molecule has 0 unspecified atom stereocenters. The van der Waals surface area contributed by atoms with E-state index < -0.39 is 0 Å². The molecule has 0 fully saturated rings. The first kappa shape index (κ1) is 12.9. The molecule has 0 aliphatic rings. The molecule has 4 heteroatoms. The van der Waals surface area contributed by atoms with E-state index in [-0.39, 0.29) is 0 Å².